The van der Waals surface area contributed by atoms with Crippen LogP contribution < -0.4 is 16.5 Å². The summed E-state index contributed by atoms with van der Waals surface area (Å²) in [6, 6.07) is 14.4. The van der Waals surface area contributed by atoms with Gasteiger partial charge in [-0.15, -0.1) is 5.10 Å². The fraction of sp³-hybridized carbons (Fsp3) is 0.0952. The monoisotopic (exact) mass is 445 g/mol. The Labute approximate surface area is 187 Å². The lowest BCUT2D eigenvalue weighted by atomic mass is 10.1. The number of hydrogen-bond acceptors (Lipinski definition) is 9. The summed E-state index contributed by atoms with van der Waals surface area (Å²) in [7, 11) is 0. The first kappa shape index (κ1) is 21.4. The molecule has 4 aromatic rings. The lowest BCUT2D eigenvalue weighted by Crippen LogP contribution is -2.19. The molecule has 166 valence electrons. The van der Waals surface area contributed by atoms with Crippen LogP contribution in [0.15, 0.2) is 58.3 Å². The molecule has 0 fully saturated rings. The fourth-order valence-corrected chi connectivity index (χ4v) is 2.97. The van der Waals surface area contributed by atoms with Crippen LogP contribution in [0.3, 0.4) is 0 Å². The smallest absolute Gasteiger partial charge is 0.294 e. The topological polar surface area (TPSA) is 166 Å². The Morgan fingerprint density at radius 1 is 1.09 bits per heavy atom. The first-order valence-electron chi connectivity index (χ1n) is 9.74. The van der Waals surface area contributed by atoms with Gasteiger partial charge in [-0.2, -0.15) is 9.78 Å². The Morgan fingerprint density at radius 3 is 2.45 bits per heavy atom. The number of carbonyl (C=O) groups excluding carboxylic acids is 2. The van der Waals surface area contributed by atoms with Crippen LogP contribution in [0.25, 0.3) is 17.1 Å². The Morgan fingerprint density at radius 2 is 1.82 bits per heavy atom. The summed E-state index contributed by atoms with van der Waals surface area (Å²) in [6.07, 6.45) is 1.46. The van der Waals surface area contributed by atoms with Crippen LogP contribution in [0.5, 0.6) is 0 Å². The van der Waals surface area contributed by atoms with E-state index in [2.05, 4.69) is 41.1 Å². The number of amides is 2. The van der Waals surface area contributed by atoms with Gasteiger partial charge in [-0.1, -0.05) is 47.2 Å². The minimum absolute atomic E-state index is 0.000880. The number of rotatable bonds is 6. The number of carbonyl (C=O) groups is 2. The van der Waals surface area contributed by atoms with E-state index >= 15 is 0 Å². The first-order valence-corrected chi connectivity index (χ1v) is 9.74. The molecule has 2 amide bonds. The Hall–Kier alpha value is -4.87. The SMILES string of the molecule is CC(=O)Nc1ccc(/C=N/NC(=O)c2nnn(-c3nonc3N)c2-c2ccc(C)cc2)cc1. The van der Waals surface area contributed by atoms with E-state index < -0.39 is 5.91 Å². The van der Waals surface area contributed by atoms with Crippen molar-refractivity contribution in [2.45, 2.75) is 13.8 Å². The molecular weight excluding hydrogens is 426 g/mol. The molecule has 0 saturated heterocycles. The summed E-state index contributed by atoms with van der Waals surface area (Å²) in [6.45, 7) is 3.38. The number of nitrogens with one attached hydrogen (secondary N) is 2. The molecule has 2 aromatic heterocycles. The van der Waals surface area contributed by atoms with Gasteiger partial charge < -0.3 is 11.1 Å². The van der Waals surface area contributed by atoms with E-state index in [1.165, 1.54) is 17.8 Å². The molecule has 2 aromatic carbocycles. The van der Waals surface area contributed by atoms with Crippen LogP contribution in [0.1, 0.15) is 28.5 Å². The second kappa shape index (κ2) is 9.09. The molecule has 33 heavy (non-hydrogen) atoms. The molecular formula is C21H19N9O3. The molecule has 0 bridgehead atoms. The average molecular weight is 445 g/mol. The van der Waals surface area contributed by atoms with E-state index in [1.807, 2.05) is 31.2 Å². The second-order valence-electron chi connectivity index (χ2n) is 7.04. The van der Waals surface area contributed by atoms with Crippen LogP contribution >= 0.6 is 0 Å². The van der Waals surface area contributed by atoms with E-state index in [-0.39, 0.29) is 23.2 Å². The lowest BCUT2D eigenvalue weighted by molar-refractivity contribution is -0.114. The number of anilines is 2. The molecule has 0 unspecified atom stereocenters. The summed E-state index contributed by atoms with van der Waals surface area (Å²) in [5, 5.41) is 22.0. The first-order chi connectivity index (χ1) is 15.9. The summed E-state index contributed by atoms with van der Waals surface area (Å²) >= 11 is 0. The highest BCUT2D eigenvalue weighted by molar-refractivity contribution is 5.99. The fourth-order valence-electron chi connectivity index (χ4n) is 2.97. The Bertz CT molecular complexity index is 1320. The van der Waals surface area contributed by atoms with Crippen LogP contribution in [-0.4, -0.2) is 43.3 Å². The molecule has 0 aliphatic heterocycles. The molecule has 2 heterocycles. The summed E-state index contributed by atoms with van der Waals surface area (Å²) in [5.41, 5.74) is 11.7. The molecule has 0 aliphatic carbocycles. The van der Waals surface area contributed by atoms with Crippen LogP contribution in [0.2, 0.25) is 0 Å². The van der Waals surface area contributed by atoms with Crippen molar-refractivity contribution in [3.63, 3.8) is 0 Å². The number of nitrogens with zero attached hydrogens (tertiary/aromatic N) is 6. The Kier molecular flexibility index (Phi) is 5.89. The molecule has 4 rings (SSSR count). The summed E-state index contributed by atoms with van der Waals surface area (Å²) < 4.78 is 5.95. The van der Waals surface area contributed by atoms with Crippen molar-refractivity contribution >= 4 is 29.5 Å². The minimum Gasteiger partial charge on any atom is -0.378 e. The maximum atomic E-state index is 12.9. The maximum Gasteiger partial charge on any atom is 0.294 e. The molecule has 12 heteroatoms. The van der Waals surface area contributed by atoms with Gasteiger partial charge in [0, 0.05) is 18.2 Å². The highest BCUT2D eigenvalue weighted by Crippen LogP contribution is 2.26. The predicted octanol–water partition coefficient (Wildman–Crippen LogP) is 1.93. The average Bonchev–Trinajstić information content (AvgIpc) is 3.41. The van der Waals surface area contributed by atoms with Crippen molar-refractivity contribution in [1.29, 1.82) is 0 Å². The van der Waals surface area contributed by atoms with Crippen LogP contribution in [0, 0.1) is 6.92 Å². The van der Waals surface area contributed by atoms with Crippen molar-refractivity contribution in [3.8, 4) is 17.1 Å². The number of hydrazone groups is 1. The van der Waals surface area contributed by atoms with Gasteiger partial charge in [0.2, 0.25) is 17.5 Å². The van der Waals surface area contributed by atoms with Gasteiger partial charge in [0.15, 0.2) is 5.69 Å². The molecule has 4 N–H and O–H groups in total. The van der Waals surface area contributed by atoms with Crippen molar-refractivity contribution in [2.24, 2.45) is 5.10 Å². The molecule has 12 nitrogen and oxygen atoms in total. The molecule has 0 atom stereocenters. The van der Waals surface area contributed by atoms with Crippen molar-refractivity contribution in [2.75, 3.05) is 11.1 Å². The summed E-state index contributed by atoms with van der Waals surface area (Å²) in [4.78, 5) is 24.0. The normalized spacial score (nSPS) is 11.0. The number of nitrogens with two attached hydrogens (primary N) is 1. The van der Waals surface area contributed by atoms with Gasteiger partial charge in [0.1, 0.15) is 5.69 Å². The number of nitrogen functional groups attached to an aromatic ring is 1. The van der Waals surface area contributed by atoms with Crippen LogP contribution in [0.4, 0.5) is 11.5 Å². The second-order valence-corrected chi connectivity index (χ2v) is 7.04. The zero-order valence-corrected chi connectivity index (χ0v) is 17.7. The molecule has 0 aliphatic rings. The number of benzene rings is 2. The predicted molar refractivity (Wildman–Crippen MR) is 120 cm³/mol. The minimum atomic E-state index is -0.585. The van der Waals surface area contributed by atoms with Crippen LogP contribution in [-0.2, 0) is 4.79 Å². The zero-order chi connectivity index (χ0) is 23.4. The highest BCUT2D eigenvalue weighted by Gasteiger charge is 2.25. The van der Waals surface area contributed by atoms with Gasteiger partial charge in [-0.05, 0) is 34.9 Å². The summed E-state index contributed by atoms with van der Waals surface area (Å²) in [5.74, 6) is -0.636. The van der Waals surface area contributed by atoms with E-state index in [1.54, 1.807) is 24.3 Å². The third-order valence-electron chi connectivity index (χ3n) is 4.52. The third kappa shape index (κ3) is 4.74. The van der Waals surface area contributed by atoms with Crippen molar-refractivity contribution < 1.29 is 14.2 Å². The number of hydrogen-bond donors (Lipinski definition) is 3. The van der Waals surface area contributed by atoms with Gasteiger partial charge in [-0.3, -0.25) is 9.59 Å². The third-order valence-corrected chi connectivity index (χ3v) is 4.52. The van der Waals surface area contributed by atoms with Gasteiger partial charge >= 0.3 is 0 Å². The molecule has 0 spiro atoms. The highest BCUT2D eigenvalue weighted by atomic mass is 16.6. The molecule has 0 saturated carbocycles. The van der Waals surface area contributed by atoms with E-state index in [4.69, 9.17) is 5.73 Å². The van der Waals surface area contributed by atoms with E-state index in [9.17, 15) is 9.59 Å². The van der Waals surface area contributed by atoms with E-state index in [0.29, 0.717) is 22.5 Å². The van der Waals surface area contributed by atoms with E-state index in [0.717, 1.165) is 5.56 Å². The largest absolute Gasteiger partial charge is 0.378 e. The zero-order valence-electron chi connectivity index (χ0n) is 17.7. The van der Waals surface area contributed by atoms with Gasteiger partial charge in [-0.25, -0.2) is 10.1 Å². The quantitative estimate of drug-likeness (QED) is 0.299. The van der Waals surface area contributed by atoms with Gasteiger partial charge in [0.25, 0.3) is 5.91 Å². The number of aryl methyl sites for hydroxylation is 1. The standard InChI is InChI=1S/C21H19N9O3/c1-12-3-7-15(8-4-12)18-17(25-29-30(18)20-19(22)27-33-28-20)21(32)26-23-11-14-5-9-16(10-6-14)24-13(2)31/h3-11H,1-2H3,(H2,22,27)(H,24,31)(H,26,32)/b23-11+. The Balaban J connectivity index is 1.59. The molecule has 0 radical (unpaired) electrons. The maximum absolute atomic E-state index is 12.9. The van der Waals surface area contributed by atoms with Crippen molar-refractivity contribution in [1.82, 2.24) is 30.7 Å². The number of aromatic nitrogens is 5. The van der Waals surface area contributed by atoms with Crippen molar-refractivity contribution in [3.05, 3.63) is 65.4 Å². The van der Waals surface area contributed by atoms with Gasteiger partial charge in [0.05, 0.1) is 6.21 Å². The lowest BCUT2D eigenvalue weighted by Gasteiger charge is -2.06.